The molecule has 31 heavy (non-hydrogen) atoms. The van der Waals surface area contributed by atoms with E-state index in [2.05, 4.69) is 23.8 Å². The molecular formula is C24H23N3O3S. The number of fused-ring (bicyclic) bond motifs is 1. The van der Waals surface area contributed by atoms with Gasteiger partial charge in [-0.25, -0.2) is 9.79 Å². The zero-order chi connectivity index (χ0) is 22.1. The SMILES string of the molecule is COC(=O)C1=C(C)N=c2s/c(=C/c3ccccn3)c(=O)n2C1c1ccc(C(C)C)cc1. The first kappa shape index (κ1) is 20.9. The van der Waals surface area contributed by atoms with Crippen LogP contribution in [-0.2, 0) is 9.53 Å². The number of benzene rings is 1. The standard InChI is InChI=1S/C24H23N3O3S/c1-14(2)16-8-10-17(11-9-16)21-20(23(29)30-4)15(3)26-24-27(21)22(28)19(31-24)13-18-7-5-6-12-25-18/h5-14,21H,1-4H3/b19-13+. The third-order valence-corrected chi connectivity index (χ3v) is 6.30. The average molecular weight is 434 g/mol. The molecule has 0 radical (unpaired) electrons. The highest BCUT2D eigenvalue weighted by atomic mass is 32.1. The van der Waals surface area contributed by atoms with Crippen LogP contribution >= 0.6 is 11.3 Å². The van der Waals surface area contributed by atoms with Gasteiger partial charge in [0.1, 0.15) is 0 Å². The van der Waals surface area contributed by atoms with Gasteiger partial charge in [-0.15, -0.1) is 0 Å². The molecule has 0 aliphatic carbocycles. The van der Waals surface area contributed by atoms with E-state index in [1.807, 2.05) is 42.5 Å². The summed E-state index contributed by atoms with van der Waals surface area (Å²) in [5.74, 6) is -0.107. The number of methoxy groups -OCH3 is 1. The highest BCUT2D eigenvalue weighted by molar-refractivity contribution is 7.07. The zero-order valence-corrected chi connectivity index (χ0v) is 18.6. The first-order valence-electron chi connectivity index (χ1n) is 10.0. The van der Waals surface area contributed by atoms with Crippen LogP contribution in [-0.4, -0.2) is 22.6 Å². The van der Waals surface area contributed by atoms with Gasteiger partial charge in [0, 0.05) is 6.20 Å². The fourth-order valence-electron chi connectivity index (χ4n) is 3.67. The lowest BCUT2D eigenvalue weighted by molar-refractivity contribution is -0.136. The van der Waals surface area contributed by atoms with Gasteiger partial charge in [0.25, 0.3) is 5.56 Å². The Morgan fingerprint density at radius 2 is 1.94 bits per heavy atom. The number of ether oxygens (including phenoxy) is 1. The fourth-order valence-corrected chi connectivity index (χ4v) is 4.70. The summed E-state index contributed by atoms with van der Waals surface area (Å²) in [7, 11) is 1.34. The third-order valence-electron chi connectivity index (χ3n) is 5.31. The number of allylic oxidation sites excluding steroid dienone is 1. The van der Waals surface area contributed by atoms with E-state index in [4.69, 9.17) is 4.74 Å². The van der Waals surface area contributed by atoms with Gasteiger partial charge in [-0.1, -0.05) is 55.5 Å². The molecule has 0 saturated heterocycles. The van der Waals surface area contributed by atoms with E-state index in [9.17, 15) is 9.59 Å². The number of rotatable bonds is 4. The molecule has 1 aliphatic rings. The second kappa shape index (κ2) is 8.43. The van der Waals surface area contributed by atoms with E-state index in [1.54, 1.807) is 23.8 Å². The molecule has 0 bridgehead atoms. The van der Waals surface area contributed by atoms with Crippen molar-refractivity contribution in [3.63, 3.8) is 0 Å². The zero-order valence-electron chi connectivity index (χ0n) is 17.8. The van der Waals surface area contributed by atoms with Crippen LogP contribution in [0, 0.1) is 0 Å². The Bertz CT molecular complexity index is 1330. The minimum absolute atomic E-state index is 0.207. The van der Waals surface area contributed by atoms with Crippen molar-refractivity contribution in [3.8, 4) is 0 Å². The maximum atomic E-state index is 13.4. The molecule has 7 heteroatoms. The Morgan fingerprint density at radius 1 is 1.19 bits per heavy atom. The Morgan fingerprint density at radius 3 is 2.55 bits per heavy atom. The number of nitrogens with zero attached hydrogens (tertiary/aromatic N) is 3. The van der Waals surface area contributed by atoms with Crippen LogP contribution in [0.25, 0.3) is 6.08 Å². The second-order valence-electron chi connectivity index (χ2n) is 7.65. The molecule has 0 saturated carbocycles. The molecule has 1 atom stereocenters. The van der Waals surface area contributed by atoms with Crippen LogP contribution in [0.2, 0.25) is 0 Å². The van der Waals surface area contributed by atoms with E-state index in [-0.39, 0.29) is 5.56 Å². The molecule has 1 aliphatic heterocycles. The summed E-state index contributed by atoms with van der Waals surface area (Å²) in [6.45, 7) is 6.02. The molecule has 0 fully saturated rings. The Labute approximate surface area is 183 Å². The van der Waals surface area contributed by atoms with E-state index >= 15 is 0 Å². The molecule has 1 aromatic carbocycles. The predicted octanol–water partition coefficient (Wildman–Crippen LogP) is 2.93. The maximum Gasteiger partial charge on any atom is 0.338 e. The van der Waals surface area contributed by atoms with Crippen LogP contribution in [0.15, 0.2) is 69.7 Å². The summed E-state index contributed by atoms with van der Waals surface area (Å²) in [5.41, 5.74) is 3.43. The lowest BCUT2D eigenvalue weighted by Crippen LogP contribution is -2.39. The Kier molecular flexibility index (Phi) is 5.69. The molecule has 1 unspecified atom stereocenters. The van der Waals surface area contributed by atoms with Crippen molar-refractivity contribution < 1.29 is 9.53 Å². The number of esters is 1. The molecule has 3 heterocycles. The molecule has 6 nitrogen and oxygen atoms in total. The van der Waals surface area contributed by atoms with Crippen LogP contribution < -0.4 is 14.9 Å². The van der Waals surface area contributed by atoms with Crippen molar-refractivity contribution in [2.45, 2.75) is 32.7 Å². The summed E-state index contributed by atoms with van der Waals surface area (Å²) in [6, 6.07) is 12.9. The number of hydrogen-bond acceptors (Lipinski definition) is 6. The van der Waals surface area contributed by atoms with Gasteiger partial charge in [0.05, 0.1) is 34.6 Å². The highest BCUT2D eigenvalue weighted by Gasteiger charge is 2.33. The van der Waals surface area contributed by atoms with Crippen LogP contribution in [0.1, 0.15) is 49.6 Å². The second-order valence-corrected chi connectivity index (χ2v) is 8.66. The first-order chi connectivity index (χ1) is 14.9. The number of hydrogen-bond donors (Lipinski definition) is 0. The first-order valence-corrected chi connectivity index (χ1v) is 10.8. The number of aromatic nitrogens is 2. The molecule has 158 valence electrons. The minimum Gasteiger partial charge on any atom is -0.466 e. The number of pyridine rings is 1. The Hall–Kier alpha value is -3.32. The third kappa shape index (κ3) is 3.88. The van der Waals surface area contributed by atoms with Gasteiger partial charge in [0.2, 0.25) is 0 Å². The molecule has 2 aromatic heterocycles. The van der Waals surface area contributed by atoms with Gasteiger partial charge in [0.15, 0.2) is 4.80 Å². The molecule has 0 amide bonds. The quantitative estimate of drug-likeness (QED) is 0.593. The van der Waals surface area contributed by atoms with Crippen molar-refractivity contribution in [2.75, 3.05) is 7.11 Å². The average Bonchev–Trinajstić information content (AvgIpc) is 3.07. The Balaban J connectivity index is 1.95. The number of carbonyl (C=O) groups is 1. The molecule has 0 spiro atoms. The van der Waals surface area contributed by atoms with E-state index < -0.39 is 12.0 Å². The topological polar surface area (TPSA) is 73.6 Å². The fraction of sp³-hybridized carbons (Fsp3) is 0.250. The summed E-state index contributed by atoms with van der Waals surface area (Å²) in [5, 5.41) is 0. The summed E-state index contributed by atoms with van der Waals surface area (Å²) in [4.78, 5) is 35.5. The van der Waals surface area contributed by atoms with Crippen LogP contribution in [0.5, 0.6) is 0 Å². The predicted molar refractivity (Wildman–Crippen MR) is 121 cm³/mol. The molecular weight excluding hydrogens is 410 g/mol. The van der Waals surface area contributed by atoms with E-state index in [0.29, 0.717) is 32.2 Å². The van der Waals surface area contributed by atoms with E-state index in [1.165, 1.54) is 24.0 Å². The van der Waals surface area contributed by atoms with Gasteiger partial charge in [-0.3, -0.25) is 14.3 Å². The maximum absolute atomic E-state index is 13.4. The van der Waals surface area contributed by atoms with Crippen molar-refractivity contribution in [3.05, 3.63) is 96.4 Å². The minimum atomic E-state index is -0.601. The number of carbonyl (C=O) groups excluding carboxylic acids is 1. The summed E-state index contributed by atoms with van der Waals surface area (Å²) in [6.07, 6.45) is 3.43. The molecule has 4 rings (SSSR count). The van der Waals surface area contributed by atoms with Gasteiger partial charge in [-0.05, 0) is 42.2 Å². The lowest BCUT2D eigenvalue weighted by Gasteiger charge is -2.24. The summed E-state index contributed by atoms with van der Waals surface area (Å²) >= 11 is 1.29. The van der Waals surface area contributed by atoms with Crippen molar-refractivity contribution in [1.29, 1.82) is 0 Å². The van der Waals surface area contributed by atoms with Crippen LogP contribution in [0.3, 0.4) is 0 Å². The molecule has 3 aromatic rings. The molecule has 0 N–H and O–H groups in total. The van der Waals surface area contributed by atoms with Crippen molar-refractivity contribution >= 4 is 23.4 Å². The monoisotopic (exact) mass is 433 g/mol. The van der Waals surface area contributed by atoms with Gasteiger partial charge >= 0.3 is 5.97 Å². The van der Waals surface area contributed by atoms with Crippen LogP contribution in [0.4, 0.5) is 0 Å². The highest BCUT2D eigenvalue weighted by Crippen LogP contribution is 2.31. The number of thiazole rings is 1. The van der Waals surface area contributed by atoms with Crippen molar-refractivity contribution in [2.24, 2.45) is 4.99 Å². The summed E-state index contributed by atoms with van der Waals surface area (Å²) < 4.78 is 7.14. The largest absolute Gasteiger partial charge is 0.466 e. The van der Waals surface area contributed by atoms with Crippen molar-refractivity contribution in [1.82, 2.24) is 9.55 Å². The van der Waals surface area contributed by atoms with E-state index in [0.717, 1.165) is 5.56 Å². The normalized spacial score (nSPS) is 16.3. The van der Waals surface area contributed by atoms with Gasteiger partial charge in [-0.2, -0.15) is 0 Å². The smallest absolute Gasteiger partial charge is 0.338 e. The van der Waals surface area contributed by atoms with Gasteiger partial charge < -0.3 is 4.74 Å². The lowest BCUT2D eigenvalue weighted by atomic mass is 9.93.